The van der Waals surface area contributed by atoms with E-state index in [9.17, 15) is 14.4 Å². The van der Waals surface area contributed by atoms with Crippen molar-refractivity contribution in [1.82, 2.24) is 4.98 Å². The number of halogens is 1. The van der Waals surface area contributed by atoms with E-state index in [0.29, 0.717) is 32.5 Å². The van der Waals surface area contributed by atoms with E-state index in [2.05, 4.69) is 19.8 Å². The number of benzene rings is 2. The number of ether oxygens (including phenoxy) is 2. The topological polar surface area (TPSA) is 97.5 Å². The number of para-hydroxylation sites is 1. The van der Waals surface area contributed by atoms with Gasteiger partial charge in [-0.05, 0) is 30.3 Å². The molecule has 1 heterocycles. The number of fused-ring (bicyclic) bond motifs is 2. The first kappa shape index (κ1) is 18.5. The number of carbonyl (C=O) groups excluding carboxylic acids is 2. The molecule has 0 saturated carbocycles. The van der Waals surface area contributed by atoms with E-state index < -0.39 is 11.9 Å². The zero-order valence-electron chi connectivity index (χ0n) is 14.5. The number of carbonyl (C=O) groups is 2. The number of esters is 2. The van der Waals surface area contributed by atoms with E-state index >= 15 is 0 Å². The molecule has 138 valence electrons. The van der Waals surface area contributed by atoms with Crippen molar-refractivity contribution in [3.63, 3.8) is 0 Å². The minimum atomic E-state index is -0.757. The Bertz CT molecular complexity index is 1150. The first-order valence-corrected chi connectivity index (χ1v) is 8.21. The lowest BCUT2D eigenvalue weighted by Crippen LogP contribution is -2.16. The molecule has 0 aliphatic carbocycles. The first-order valence-electron chi connectivity index (χ1n) is 7.84. The third-order valence-corrected chi connectivity index (χ3v) is 4.17. The lowest BCUT2D eigenvalue weighted by atomic mass is 10.1. The molecule has 0 atom stereocenters. The minimum absolute atomic E-state index is 0.131. The number of H-pyrrole nitrogens is 1. The van der Waals surface area contributed by atoms with Crippen LogP contribution in [0.15, 0.2) is 53.0 Å². The number of rotatable bonds is 4. The highest BCUT2D eigenvalue weighted by atomic mass is 35.5. The molecule has 7 nitrogen and oxygen atoms in total. The van der Waals surface area contributed by atoms with Gasteiger partial charge in [0.2, 0.25) is 0 Å². The molecule has 27 heavy (non-hydrogen) atoms. The molecule has 0 unspecified atom stereocenters. The summed E-state index contributed by atoms with van der Waals surface area (Å²) in [6.45, 7) is 0. The molecule has 0 radical (unpaired) electrons. The number of aromatic amines is 1. The Labute approximate surface area is 158 Å². The van der Waals surface area contributed by atoms with Crippen LogP contribution in [0.1, 0.15) is 0 Å². The number of hydrogen-bond acceptors (Lipinski definition) is 6. The lowest BCUT2D eigenvalue weighted by molar-refractivity contribution is -0.138. The molecule has 0 saturated heterocycles. The summed E-state index contributed by atoms with van der Waals surface area (Å²) in [5.74, 6) is -1.48. The Hall–Kier alpha value is -3.32. The second-order valence-electron chi connectivity index (χ2n) is 5.57. The maximum atomic E-state index is 12.8. The van der Waals surface area contributed by atoms with Crippen molar-refractivity contribution in [2.24, 2.45) is 0 Å². The van der Waals surface area contributed by atoms with Crippen LogP contribution >= 0.6 is 11.6 Å². The maximum Gasteiger partial charge on any atom is 0.354 e. The van der Waals surface area contributed by atoms with Gasteiger partial charge in [-0.25, -0.2) is 9.59 Å². The van der Waals surface area contributed by atoms with Crippen LogP contribution in [0.4, 0.5) is 5.69 Å². The number of nitrogens with one attached hydrogen (secondary N) is 2. The molecule has 1 aromatic heterocycles. The van der Waals surface area contributed by atoms with Gasteiger partial charge in [-0.2, -0.15) is 0 Å². The standard InChI is InChI=1S/C19H15ClN2O5/c1-26-16(23)9-15(19(25)27-2)21-14-5-3-4-11-17(14)22-13-7-6-10(20)8-12(13)18(11)24/h3-9,21H,1-2H3,(H,22,24)/b15-9+. The van der Waals surface area contributed by atoms with Crippen LogP contribution in [0.25, 0.3) is 21.8 Å². The van der Waals surface area contributed by atoms with Crippen molar-refractivity contribution in [2.45, 2.75) is 0 Å². The molecule has 0 spiro atoms. The Morgan fingerprint density at radius 3 is 2.59 bits per heavy atom. The van der Waals surface area contributed by atoms with Crippen LogP contribution in [-0.2, 0) is 19.1 Å². The predicted octanol–water partition coefficient (Wildman–Crippen LogP) is 2.98. The smallest absolute Gasteiger partial charge is 0.354 e. The molecule has 8 heteroatoms. The molecular formula is C19H15ClN2O5. The van der Waals surface area contributed by atoms with Crippen LogP contribution in [-0.4, -0.2) is 31.1 Å². The number of hydrogen-bond donors (Lipinski definition) is 2. The molecule has 0 bridgehead atoms. The molecule has 0 aliphatic rings. The van der Waals surface area contributed by atoms with Gasteiger partial charge >= 0.3 is 11.9 Å². The third-order valence-electron chi connectivity index (χ3n) is 3.93. The Kier molecular flexibility index (Phi) is 5.14. The molecule has 0 fully saturated rings. The summed E-state index contributed by atoms with van der Waals surface area (Å²) in [6, 6.07) is 9.92. The summed E-state index contributed by atoms with van der Waals surface area (Å²) < 4.78 is 9.24. The van der Waals surface area contributed by atoms with Crippen LogP contribution < -0.4 is 10.7 Å². The zero-order chi connectivity index (χ0) is 19.6. The zero-order valence-corrected chi connectivity index (χ0v) is 15.2. The Morgan fingerprint density at radius 2 is 1.89 bits per heavy atom. The van der Waals surface area contributed by atoms with Crippen molar-refractivity contribution in [1.29, 1.82) is 0 Å². The Morgan fingerprint density at radius 1 is 1.11 bits per heavy atom. The van der Waals surface area contributed by atoms with E-state index in [-0.39, 0.29) is 11.1 Å². The van der Waals surface area contributed by atoms with Crippen molar-refractivity contribution in [3.8, 4) is 0 Å². The van der Waals surface area contributed by atoms with Gasteiger partial charge < -0.3 is 19.8 Å². The van der Waals surface area contributed by atoms with Gasteiger partial charge in [0.25, 0.3) is 0 Å². The van der Waals surface area contributed by atoms with Crippen LogP contribution in [0, 0.1) is 0 Å². The fourth-order valence-corrected chi connectivity index (χ4v) is 2.82. The minimum Gasteiger partial charge on any atom is -0.466 e. The predicted molar refractivity (Wildman–Crippen MR) is 103 cm³/mol. The van der Waals surface area contributed by atoms with E-state index in [4.69, 9.17) is 11.6 Å². The molecule has 2 aromatic carbocycles. The van der Waals surface area contributed by atoms with E-state index in [0.717, 1.165) is 6.08 Å². The van der Waals surface area contributed by atoms with Gasteiger partial charge in [-0.1, -0.05) is 17.7 Å². The van der Waals surface area contributed by atoms with Gasteiger partial charge in [0.15, 0.2) is 5.43 Å². The van der Waals surface area contributed by atoms with Gasteiger partial charge in [0.1, 0.15) is 5.70 Å². The number of aromatic nitrogens is 1. The highest BCUT2D eigenvalue weighted by Crippen LogP contribution is 2.25. The normalized spacial score (nSPS) is 11.4. The second kappa shape index (κ2) is 7.51. The van der Waals surface area contributed by atoms with Crippen molar-refractivity contribution in [2.75, 3.05) is 19.5 Å². The van der Waals surface area contributed by atoms with E-state index in [1.165, 1.54) is 14.2 Å². The first-order chi connectivity index (χ1) is 12.9. The average Bonchev–Trinajstić information content (AvgIpc) is 2.68. The van der Waals surface area contributed by atoms with E-state index in [1.807, 2.05) is 0 Å². The molecule has 0 aliphatic heterocycles. The van der Waals surface area contributed by atoms with Gasteiger partial charge in [-0.3, -0.25) is 4.79 Å². The SMILES string of the molecule is COC(=O)/C=C(/Nc1cccc2c(=O)c3cc(Cl)ccc3[nH]c12)C(=O)OC. The maximum absolute atomic E-state index is 12.8. The monoisotopic (exact) mass is 386 g/mol. The Balaban J connectivity index is 2.19. The largest absolute Gasteiger partial charge is 0.466 e. The molecule has 2 N–H and O–H groups in total. The van der Waals surface area contributed by atoms with Crippen LogP contribution in [0.3, 0.4) is 0 Å². The number of pyridine rings is 1. The molecule has 3 aromatic rings. The highest BCUT2D eigenvalue weighted by Gasteiger charge is 2.15. The molecule has 0 amide bonds. The van der Waals surface area contributed by atoms with Crippen molar-refractivity contribution in [3.05, 3.63) is 63.4 Å². The number of anilines is 1. The van der Waals surface area contributed by atoms with Crippen molar-refractivity contribution >= 4 is 51.0 Å². The summed E-state index contributed by atoms with van der Waals surface area (Å²) in [5.41, 5.74) is 1.14. The van der Waals surface area contributed by atoms with Crippen LogP contribution in [0.2, 0.25) is 5.02 Å². The lowest BCUT2D eigenvalue weighted by Gasteiger charge is -2.12. The third kappa shape index (κ3) is 3.63. The van der Waals surface area contributed by atoms with Crippen LogP contribution in [0.5, 0.6) is 0 Å². The number of methoxy groups -OCH3 is 2. The van der Waals surface area contributed by atoms with Gasteiger partial charge in [0, 0.05) is 21.3 Å². The summed E-state index contributed by atoms with van der Waals surface area (Å²) in [6.07, 6.45) is 0.976. The molecule has 3 rings (SSSR count). The highest BCUT2D eigenvalue weighted by molar-refractivity contribution is 6.31. The summed E-state index contributed by atoms with van der Waals surface area (Å²) in [5, 5.41) is 4.13. The summed E-state index contributed by atoms with van der Waals surface area (Å²) >= 11 is 5.99. The summed E-state index contributed by atoms with van der Waals surface area (Å²) in [7, 11) is 2.39. The summed E-state index contributed by atoms with van der Waals surface area (Å²) in [4.78, 5) is 39.5. The average molecular weight is 387 g/mol. The van der Waals surface area contributed by atoms with E-state index in [1.54, 1.807) is 36.4 Å². The quantitative estimate of drug-likeness (QED) is 0.406. The van der Waals surface area contributed by atoms with Gasteiger partial charge in [0.05, 0.1) is 31.5 Å². The second-order valence-corrected chi connectivity index (χ2v) is 6.01. The fraction of sp³-hybridized carbons (Fsp3) is 0.105. The van der Waals surface area contributed by atoms with Gasteiger partial charge in [-0.15, -0.1) is 0 Å². The van der Waals surface area contributed by atoms with Crippen molar-refractivity contribution < 1.29 is 19.1 Å². The fourth-order valence-electron chi connectivity index (χ4n) is 2.65. The molecular weight excluding hydrogens is 372 g/mol.